The van der Waals surface area contributed by atoms with Gasteiger partial charge < -0.3 is 9.67 Å². The van der Waals surface area contributed by atoms with Crippen LogP contribution in [0.2, 0.25) is 0 Å². The number of aromatic nitrogens is 2. The van der Waals surface area contributed by atoms with E-state index in [0.29, 0.717) is 10.9 Å². The third-order valence-electron chi connectivity index (χ3n) is 3.49. The number of para-hydroxylation sites is 1. The zero-order chi connectivity index (χ0) is 15.9. The predicted octanol–water partition coefficient (Wildman–Crippen LogP) is 2.70. The van der Waals surface area contributed by atoms with Crippen LogP contribution in [0, 0.1) is 13.8 Å². The van der Waals surface area contributed by atoms with Gasteiger partial charge in [0.05, 0.1) is 5.52 Å². The summed E-state index contributed by atoms with van der Waals surface area (Å²) in [6.07, 6.45) is 1.38. The Labute approximate surface area is 126 Å². The second-order valence-electron chi connectivity index (χ2n) is 5.17. The van der Waals surface area contributed by atoms with E-state index in [0.717, 1.165) is 17.1 Å². The van der Waals surface area contributed by atoms with Gasteiger partial charge in [-0.05, 0) is 38.1 Å². The van der Waals surface area contributed by atoms with Crippen LogP contribution in [0.25, 0.3) is 16.6 Å². The number of hydrogen-bond acceptors (Lipinski definition) is 3. The van der Waals surface area contributed by atoms with Crippen LogP contribution < -0.4 is 5.43 Å². The van der Waals surface area contributed by atoms with Crippen molar-refractivity contribution in [2.75, 3.05) is 0 Å². The highest BCUT2D eigenvalue weighted by molar-refractivity contribution is 5.93. The first-order valence-corrected chi connectivity index (χ1v) is 6.81. The molecule has 0 amide bonds. The Bertz CT molecular complexity index is 938. The Morgan fingerprint density at radius 1 is 1.14 bits per heavy atom. The summed E-state index contributed by atoms with van der Waals surface area (Å²) in [7, 11) is 0. The largest absolute Gasteiger partial charge is 0.477 e. The quantitative estimate of drug-likeness (QED) is 0.788. The average molecular weight is 294 g/mol. The third-order valence-corrected chi connectivity index (χ3v) is 3.49. The molecule has 0 fully saturated rings. The fourth-order valence-electron chi connectivity index (χ4n) is 2.60. The van der Waals surface area contributed by atoms with Crippen molar-refractivity contribution in [2.45, 2.75) is 13.8 Å². The summed E-state index contributed by atoms with van der Waals surface area (Å²) in [6, 6.07) is 10.7. The van der Waals surface area contributed by atoms with Crippen molar-refractivity contribution >= 4 is 16.9 Å². The van der Waals surface area contributed by atoms with Gasteiger partial charge in [0.1, 0.15) is 5.56 Å². The molecule has 3 rings (SSSR count). The second kappa shape index (κ2) is 5.11. The van der Waals surface area contributed by atoms with Crippen LogP contribution in [0.4, 0.5) is 0 Å². The minimum absolute atomic E-state index is 0.245. The number of pyridine rings is 2. The van der Waals surface area contributed by atoms with Crippen molar-refractivity contribution in [1.82, 2.24) is 9.55 Å². The lowest BCUT2D eigenvalue weighted by Gasteiger charge is -2.13. The first kappa shape index (κ1) is 14.0. The Hall–Kier alpha value is -2.95. The van der Waals surface area contributed by atoms with Gasteiger partial charge in [-0.2, -0.15) is 0 Å². The molecule has 0 saturated carbocycles. The molecular weight excluding hydrogens is 280 g/mol. The summed E-state index contributed by atoms with van der Waals surface area (Å²) in [5, 5.41) is 9.66. The van der Waals surface area contributed by atoms with Crippen molar-refractivity contribution in [3.05, 3.63) is 69.8 Å². The van der Waals surface area contributed by atoms with Crippen molar-refractivity contribution in [3.8, 4) is 5.69 Å². The summed E-state index contributed by atoms with van der Waals surface area (Å²) in [5.41, 5.74) is 2.39. The fraction of sp³-hybridized carbons (Fsp3) is 0.118. The Kier molecular flexibility index (Phi) is 3.25. The van der Waals surface area contributed by atoms with Gasteiger partial charge in [-0.3, -0.25) is 9.78 Å². The average Bonchev–Trinajstić information content (AvgIpc) is 2.46. The lowest BCUT2D eigenvalue weighted by atomic mass is 10.1. The van der Waals surface area contributed by atoms with Gasteiger partial charge in [0, 0.05) is 28.7 Å². The normalized spacial score (nSPS) is 10.8. The summed E-state index contributed by atoms with van der Waals surface area (Å²) < 4.78 is 1.72. The van der Waals surface area contributed by atoms with Crippen LogP contribution in [0.3, 0.4) is 0 Å². The number of carbonyl (C=O) groups is 1. The number of aryl methyl sites for hydroxylation is 2. The number of benzene rings is 1. The number of hydrogen-bond donors (Lipinski definition) is 1. The van der Waals surface area contributed by atoms with Crippen molar-refractivity contribution < 1.29 is 9.90 Å². The van der Waals surface area contributed by atoms with Gasteiger partial charge in [0.25, 0.3) is 0 Å². The molecule has 1 aromatic carbocycles. The molecule has 2 heterocycles. The van der Waals surface area contributed by atoms with Crippen LogP contribution in [0.1, 0.15) is 21.7 Å². The highest BCUT2D eigenvalue weighted by atomic mass is 16.4. The molecule has 0 saturated heterocycles. The van der Waals surface area contributed by atoms with E-state index in [2.05, 4.69) is 4.98 Å². The monoisotopic (exact) mass is 294 g/mol. The molecule has 1 N–H and O–H groups in total. The number of fused-ring (bicyclic) bond motifs is 1. The molecule has 0 bridgehead atoms. The van der Waals surface area contributed by atoms with Gasteiger partial charge in [0.2, 0.25) is 5.43 Å². The van der Waals surface area contributed by atoms with E-state index in [4.69, 9.17) is 0 Å². The van der Waals surface area contributed by atoms with Crippen molar-refractivity contribution in [2.24, 2.45) is 0 Å². The zero-order valence-electron chi connectivity index (χ0n) is 12.2. The molecule has 110 valence electrons. The number of aromatic carboxylic acids is 1. The topological polar surface area (TPSA) is 72.2 Å². The smallest absolute Gasteiger partial charge is 0.341 e. The van der Waals surface area contributed by atoms with E-state index in [-0.39, 0.29) is 5.56 Å². The van der Waals surface area contributed by atoms with Crippen LogP contribution in [-0.2, 0) is 0 Å². The third kappa shape index (κ3) is 2.26. The molecule has 22 heavy (non-hydrogen) atoms. The zero-order valence-corrected chi connectivity index (χ0v) is 12.2. The Balaban J connectivity index is 2.45. The highest BCUT2D eigenvalue weighted by Gasteiger charge is 2.15. The van der Waals surface area contributed by atoms with Crippen LogP contribution in [0.5, 0.6) is 0 Å². The minimum atomic E-state index is -1.23. The van der Waals surface area contributed by atoms with E-state index >= 15 is 0 Å². The maximum absolute atomic E-state index is 12.3. The predicted molar refractivity (Wildman–Crippen MR) is 83.8 cm³/mol. The first-order chi connectivity index (χ1) is 10.5. The molecule has 5 heteroatoms. The molecule has 2 aromatic heterocycles. The fourth-order valence-corrected chi connectivity index (χ4v) is 2.60. The molecule has 3 aromatic rings. The summed E-state index contributed by atoms with van der Waals surface area (Å²) in [5.74, 6) is -1.23. The van der Waals surface area contributed by atoms with E-state index in [1.807, 2.05) is 32.0 Å². The second-order valence-corrected chi connectivity index (χ2v) is 5.17. The van der Waals surface area contributed by atoms with Gasteiger partial charge >= 0.3 is 5.97 Å². The Morgan fingerprint density at radius 2 is 1.77 bits per heavy atom. The van der Waals surface area contributed by atoms with Crippen LogP contribution >= 0.6 is 0 Å². The molecular formula is C17H14N2O3. The molecule has 0 aliphatic heterocycles. The van der Waals surface area contributed by atoms with E-state index in [1.54, 1.807) is 22.8 Å². The molecule has 0 aliphatic carbocycles. The molecule has 0 unspecified atom stereocenters. The molecule has 0 radical (unpaired) electrons. The van der Waals surface area contributed by atoms with Gasteiger partial charge in [-0.15, -0.1) is 0 Å². The standard InChI is InChI=1S/C17H14N2O3/c1-10-7-12(8-11(2)18-10)19-9-14(17(21)22)16(20)13-5-3-4-6-15(13)19/h3-9H,1-2H3,(H,21,22). The van der Waals surface area contributed by atoms with E-state index in [9.17, 15) is 14.7 Å². The number of rotatable bonds is 2. The SMILES string of the molecule is Cc1cc(-n2cc(C(=O)O)c(=O)c3ccccc32)cc(C)n1. The summed E-state index contributed by atoms with van der Waals surface area (Å²) >= 11 is 0. The van der Waals surface area contributed by atoms with Gasteiger partial charge in [-0.25, -0.2) is 4.79 Å². The maximum atomic E-state index is 12.3. The van der Waals surface area contributed by atoms with Crippen molar-refractivity contribution in [3.63, 3.8) is 0 Å². The Morgan fingerprint density at radius 3 is 2.41 bits per heavy atom. The highest BCUT2D eigenvalue weighted by Crippen LogP contribution is 2.19. The van der Waals surface area contributed by atoms with Crippen LogP contribution in [-0.4, -0.2) is 20.6 Å². The summed E-state index contributed by atoms with van der Waals surface area (Å²) in [6.45, 7) is 3.75. The molecule has 0 aliphatic rings. The van der Waals surface area contributed by atoms with Gasteiger partial charge in [-0.1, -0.05) is 12.1 Å². The lowest BCUT2D eigenvalue weighted by molar-refractivity contribution is 0.0695. The summed E-state index contributed by atoms with van der Waals surface area (Å²) in [4.78, 5) is 28.0. The van der Waals surface area contributed by atoms with Crippen LogP contribution in [0.15, 0.2) is 47.4 Å². The number of nitrogens with zero attached hydrogens (tertiary/aromatic N) is 2. The molecule has 0 spiro atoms. The minimum Gasteiger partial charge on any atom is -0.477 e. The number of carboxylic acid groups (broad SMARTS) is 1. The van der Waals surface area contributed by atoms with E-state index in [1.165, 1.54) is 6.20 Å². The van der Waals surface area contributed by atoms with Gasteiger partial charge in [0.15, 0.2) is 0 Å². The molecule has 5 nitrogen and oxygen atoms in total. The maximum Gasteiger partial charge on any atom is 0.341 e. The number of carboxylic acids is 1. The van der Waals surface area contributed by atoms with E-state index < -0.39 is 11.4 Å². The lowest BCUT2D eigenvalue weighted by Crippen LogP contribution is -2.18. The van der Waals surface area contributed by atoms with Crippen molar-refractivity contribution in [1.29, 1.82) is 0 Å². The first-order valence-electron chi connectivity index (χ1n) is 6.81. The molecule has 0 atom stereocenters.